The van der Waals surface area contributed by atoms with Crippen molar-refractivity contribution in [2.24, 2.45) is 4.99 Å². The smallest absolute Gasteiger partial charge is 0.323 e. The van der Waals surface area contributed by atoms with Gasteiger partial charge in [-0.2, -0.15) is 4.72 Å². The second-order valence-electron chi connectivity index (χ2n) is 8.64. The highest BCUT2D eigenvalue weighted by Gasteiger charge is 2.27. The highest BCUT2D eigenvalue weighted by atomic mass is 32.2. The predicted molar refractivity (Wildman–Crippen MR) is 138 cm³/mol. The Kier molecular flexibility index (Phi) is 8.44. The fourth-order valence-electron chi connectivity index (χ4n) is 4.11. The lowest BCUT2D eigenvalue weighted by molar-refractivity contribution is -0.138. The van der Waals surface area contributed by atoms with Gasteiger partial charge in [-0.1, -0.05) is 6.07 Å². The largest absolute Gasteiger partial charge is 0.480 e. The Balaban J connectivity index is 1.31. The van der Waals surface area contributed by atoms with Gasteiger partial charge in [0.2, 0.25) is 0 Å². The molecular formula is C23H30N6O5S2. The molecule has 0 saturated carbocycles. The van der Waals surface area contributed by atoms with E-state index in [9.17, 15) is 23.1 Å². The molecule has 2 aliphatic rings. The number of amides is 1. The van der Waals surface area contributed by atoms with Crippen LogP contribution in [-0.2, 0) is 14.8 Å². The van der Waals surface area contributed by atoms with Crippen LogP contribution < -0.4 is 25.6 Å². The molecule has 0 aliphatic carbocycles. The Bertz CT molecular complexity index is 1180. The number of guanidine groups is 1. The number of thiophene rings is 1. The number of anilines is 1. The second-order valence-corrected chi connectivity index (χ2v) is 11.5. The van der Waals surface area contributed by atoms with Crippen LogP contribution in [0.2, 0.25) is 0 Å². The number of benzene rings is 1. The standard InChI is InChI=1S/C23H30N6O5S2/c30-21(26-14-19(22(31)32)28-36(33,34)20-5-2-13-35-20)16-6-8-18(9-7-16)29-12-1-4-17(15-29)27-23-24-10-3-11-25-23/h2,5-9,13,17,19,28H,1,3-4,10-12,14-15H2,(H,26,30)(H,31,32)(H2,24,25,27)/t17?,19-/m1/s1. The van der Waals surface area contributed by atoms with Gasteiger partial charge in [-0.25, -0.2) is 8.42 Å². The van der Waals surface area contributed by atoms with Crippen LogP contribution in [0.5, 0.6) is 0 Å². The summed E-state index contributed by atoms with van der Waals surface area (Å²) in [6.07, 6.45) is 3.13. The molecule has 1 fully saturated rings. The van der Waals surface area contributed by atoms with E-state index in [1.807, 2.05) is 12.1 Å². The zero-order valence-corrected chi connectivity index (χ0v) is 21.3. The lowest BCUT2D eigenvalue weighted by Gasteiger charge is -2.35. The number of piperidine rings is 1. The maximum absolute atomic E-state index is 12.6. The molecule has 194 valence electrons. The number of nitrogens with zero attached hydrogens (tertiary/aromatic N) is 2. The molecule has 1 amide bonds. The third kappa shape index (κ3) is 6.74. The SMILES string of the molecule is O=C(NC[C@@H](NS(=O)(=O)c1cccs1)C(=O)O)c1ccc(N2CCCC(NC3=NCCCN3)C2)cc1. The molecule has 0 bridgehead atoms. The minimum Gasteiger partial charge on any atom is -0.480 e. The van der Waals surface area contributed by atoms with Crippen molar-refractivity contribution in [1.29, 1.82) is 0 Å². The highest BCUT2D eigenvalue weighted by Crippen LogP contribution is 2.21. The molecular weight excluding hydrogens is 504 g/mol. The average Bonchev–Trinajstić information content (AvgIpc) is 3.43. The van der Waals surface area contributed by atoms with Crippen LogP contribution in [0.3, 0.4) is 0 Å². The average molecular weight is 535 g/mol. The fourth-order valence-corrected chi connectivity index (χ4v) is 6.31. The van der Waals surface area contributed by atoms with Crippen molar-refractivity contribution >= 4 is 44.9 Å². The quantitative estimate of drug-likeness (QED) is 0.317. The van der Waals surface area contributed by atoms with E-state index in [1.165, 1.54) is 6.07 Å². The molecule has 36 heavy (non-hydrogen) atoms. The fraction of sp³-hybridized carbons (Fsp3) is 0.435. The Labute approximate surface area is 214 Å². The minimum absolute atomic E-state index is 0.00816. The molecule has 1 unspecified atom stereocenters. The first-order valence-corrected chi connectivity index (χ1v) is 14.1. The van der Waals surface area contributed by atoms with Crippen LogP contribution in [0.4, 0.5) is 5.69 Å². The number of carbonyl (C=O) groups is 2. The minimum atomic E-state index is -3.99. The van der Waals surface area contributed by atoms with E-state index in [0.29, 0.717) is 5.56 Å². The van der Waals surface area contributed by atoms with E-state index in [2.05, 4.69) is 30.6 Å². The number of carboxylic acids is 1. The third-order valence-corrected chi connectivity index (χ3v) is 8.85. The van der Waals surface area contributed by atoms with Gasteiger partial charge in [0.25, 0.3) is 15.9 Å². The highest BCUT2D eigenvalue weighted by molar-refractivity contribution is 7.91. The Hall–Kier alpha value is -3.16. The van der Waals surface area contributed by atoms with Crippen LogP contribution in [-0.4, -0.2) is 76.2 Å². The van der Waals surface area contributed by atoms with Crippen molar-refractivity contribution in [3.63, 3.8) is 0 Å². The number of aliphatic imine (C=N–C) groups is 1. The number of nitrogens with one attached hydrogen (secondary N) is 4. The molecule has 3 heterocycles. The number of carbonyl (C=O) groups excluding carboxylic acids is 1. The summed E-state index contributed by atoms with van der Waals surface area (Å²) in [6.45, 7) is 3.10. The van der Waals surface area contributed by atoms with Crippen LogP contribution in [0, 0.1) is 0 Å². The molecule has 2 aromatic rings. The van der Waals surface area contributed by atoms with Crippen molar-refractivity contribution in [2.45, 2.75) is 35.6 Å². The summed E-state index contributed by atoms with van der Waals surface area (Å²) in [7, 11) is -3.99. The molecule has 11 nitrogen and oxygen atoms in total. The maximum atomic E-state index is 12.6. The zero-order chi connectivity index (χ0) is 25.5. The van der Waals surface area contributed by atoms with Crippen LogP contribution >= 0.6 is 11.3 Å². The van der Waals surface area contributed by atoms with Gasteiger partial charge in [0, 0.05) is 50.0 Å². The predicted octanol–water partition coefficient (Wildman–Crippen LogP) is 0.817. The number of rotatable bonds is 9. The van der Waals surface area contributed by atoms with Crippen LogP contribution in [0.1, 0.15) is 29.6 Å². The van der Waals surface area contributed by atoms with Crippen molar-refractivity contribution in [3.8, 4) is 0 Å². The summed E-state index contributed by atoms with van der Waals surface area (Å²) in [5.74, 6) is -1.01. The van der Waals surface area contributed by atoms with Gasteiger partial charge in [-0.3, -0.25) is 14.6 Å². The van der Waals surface area contributed by atoms with E-state index in [4.69, 9.17) is 0 Å². The Morgan fingerprint density at radius 2 is 2.03 bits per heavy atom. The summed E-state index contributed by atoms with van der Waals surface area (Å²) in [6, 6.07) is 8.81. The summed E-state index contributed by atoms with van der Waals surface area (Å²) < 4.78 is 26.8. The van der Waals surface area contributed by atoms with Gasteiger partial charge in [-0.05, 0) is 55.0 Å². The number of carboxylic acid groups (broad SMARTS) is 1. The van der Waals surface area contributed by atoms with Crippen LogP contribution in [0.15, 0.2) is 51.0 Å². The van der Waals surface area contributed by atoms with Gasteiger partial charge < -0.3 is 26.0 Å². The Morgan fingerprint density at radius 3 is 2.69 bits per heavy atom. The molecule has 13 heteroatoms. The lowest BCUT2D eigenvalue weighted by Crippen LogP contribution is -2.52. The number of sulfonamides is 1. The topological polar surface area (TPSA) is 152 Å². The van der Waals surface area contributed by atoms with Crippen LogP contribution in [0.25, 0.3) is 0 Å². The third-order valence-electron chi connectivity index (χ3n) is 5.98. The molecule has 5 N–H and O–H groups in total. The normalized spacial score (nSPS) is 19.1. The van der Waals surface area contributed by atoms with Crippen molar-refractivity contribution < 1.29 is 23.1 Å². The van der Waals surface area contributed by atoms with Gasteiger partial charge in [0.1, 0.15) is 10.3 Å². The van der Waals surface area contributed by atoms with Gasteiger partial charge in [-0.15, -0.1) is 11.3 Å². The number of aliphatic carboxylic acids is 1. The monoisotopic (exact) mass is 534 g/mol. The Morgan fingerprint density at radius 1 is 1.22 bits per heavy atom. The van der Waals surface area contributed by atoms with Gasteiger partial charge in [0.05, 0.1) is 0 Å². The van der Waals surface area contributed by atoms with E-state index >= 15 is 0 Å². The van der Waals surface area contributed by atoms with Gasteiger partial charge in [0.15, 0.2) is 5.96 Å². The summed E-state index contributed by atoms with van der Waals surface area (Å²) in [5, 5.41) is 20.3. The molecule has 0 spiro atoms. The number of hydrogen-bond donors (Lipinski definition) is 5. The zero-order valence-electron chi connectivity index (χ0n) is 19.6. The van der Waals surface area contributed by atoms with E-state index in [0.717, 1.165) is 68.4 Å². The maximum Gasteiger partial charge on any atom is 0.323 e. The molecule has 2 aliphatic heterocycles. The molecule has 1 aromatic carbocycles. The lowest BCUT2D eigenvalue weighted by atomic mass is 10.0. The van der Waals surface area contributed by atoms with E-state index in [-0.39, 0.29) is 10.3 Å². The van der Waals surface area contributed by atoms with E-state index in [1.54, 1.807) is 23.6 Å². The molecule has 2 atom stereocenters. The van der Waals surface area contributed by atoms with Crippen molar-refractivity contribution in [3.05, 3.63) is 47.3 Å². The first-order chi connectivity index (χ1) is 17.3. The first-order valence-electron chi connectivity index (χ1n) is 11.8. The molecule has 4 rings (SSSR count). The molecule has 1 saturated heterocycles. The van der Waals surface area contributed by atoms with E-state index < -0.39 is 34.5 Å². The van der Waals surface area contributed by atoms with Crippen molar-refractivity contribution in [2.75, 3.05) is 37.6 Å². The van der Waals surface area contributed by atoms with Crippen molar-refractivity contribution in [1.82, 2.24) is 20.7 Å². The summed E-state index contributed by atoms with van der Waals surface area (Å²) >= 11 is 0.979. The van der Waals surface area contributed by atoms with Gasteiger partial charge >= 0.3 is 5.97 Å². The number of hydrogen-bond acceptors (Lipinski definition) is 9. The first kappa shape index (κ1) is 25.9. The molecule has 1 aromatic heterocycles. The molecule has 0 radical (unpaired) electrons. The summed E-state index contributed by atoms with van der Waals surface area (Å²) in [5.41, 5.74) is 1.35. The summed E-state index contributed by atoms with van der Waals surface area (Å²) in [4.78, 5) is 30.9. The second kappa shape index (κ2) is 11.7.